The molecule has 1 unspecified atom stereocenters. The van der Waals surface area contributed by atoms with E-state index < -0.39 is 0 Å². The molecule has 134 valence electrons. The number of likely N-dealkylation sites (tertiary alicyclic amines) is 1. The molecule has 1 saturated heterocycles. The third-order valence-electron chi connectivity index (χ3n) is 4.57. The van der Waals surface area contributed by atoms with Crippen LogP contribution in [0.4, 0.5) is 0 Å². The Morgan fingerprint density at radius 1 is 1.44 bits per heavy atom. The quantitative estimate of drug-likeness (QED) is 0.659. The number of halogens is 1. The molecule has 2 heterocycles. The second kappa shape index (κ2) is 8.39. The van der Waals surface area contributed by atoms with Crippen molar-refractivity contribution in [1.29, 1.82) is 0 Å². The lowest BCUT2D eigenvalue weighted by Gasteiger charge is -2.21. The lowest BCUT2D eigenvalue weighted by Crippen LogP contribution is -2.40. The number of nitrogens with zero attached hydrogens (tertiary/aromatic N) is 4. The molecule has 6 heteroatoms. The summed E-state index contributed by atoms with van der Waals surface area (Å²) in [6.07, 6.45) is 6.15. The second-order valence-corrected chi connectivity index (χ2v) is 6.93. The summed E-state index contributed by atoms with van der Waals surface area (Å²) in [5, 5.41) is 8.51. The number of aliphatic imine (C=N–C) groups is 1. The van der Waals surface area contributed by atoms with Gasteiger partial charge in [0.2, 0.25) is 0 Å². The Balaban J connectivity index is 1.60. The van der Waals surface area contributed by atoms with Crippen molar-refractivity contribution in [3.63, 3.8) is 0 Å². The zero-order valence-electron chi connectivity index (χ0n) is 15.0. The van der Waals surface area contributed by atoms with Crippen LogP contribution in [0.15, 0.2) is 41.7 Å². The molecule has 1 N–H and O–H groups in total. The van der Waals surface area contributed by atoms with Gasteiger partial charge in [0.1, 0.15) is 0 Å². The maximum Gasteiger partial charge on any atom is 0.193 e. The average Bonchev–Trinajstić information content (AvgIpc) is 3.23. The summed E-state index contributed by atoms with van der Waals surface area (Å²) in [7, 11) is 1.97. The van der Waals surface area contributed by atoms with Gasteiger partial charge >= 0.3 is 0 Å². The zero-order chi connectivity index (χ0) is 17.6. The van der Waals surface area contributed by atoms with Crippen LogP contribution >= 0.6 is 11.6 Å². The van der Waals surface area contributed by atoms with Crippen molar-refractivity contribution < 1.29 is 0 Å². The standard InChI is InChI=1S/C19H26ClN5/c1-3-21-19(22-9-7-15-5-4-6-18(20)11-15)25-10-8-16(14-25)17-12-23-24(2)13-17/h4-6,11-13,16H,3,7-10,14H2,1-2H3,(H,21,22). The summed E-state index contributed by atoms with van der Waals surface area (Å²) in [6, 6.07) is 8.01. The van der Waals surface area contributed by atoms with Crippen molar-refractivity contribution in [3.05, 3.63) is 52.8 Å². The molecule has 0 bridgehead atoms. The van der Waals surface area contributed by atoms with Crippen LogP contribution in [0, 0.1) is 0 Å². The fourth-order valence-electron chi connectivity index (χ4n) is 3.28. The predicted octanol–water partition coefficient (Wildman–Crippen LogP) is 3.07. The third kappa shape index (κ3) is 4.75. The Hall–Kier alpha value is -2.01. The SMILES string of the molecule is CCNC(=NCCc1cccc(Cl)c1)N1CCC(c2cnn(C)c2)C1. The van der Waals surface area contributed by atoms with Gasteiger partial charge in [0.15, 0.2) is 5.96 Å². The lowest BCUT2D eigenvalue weighted by atomic mass is 10.0. The Labute approximate surface area is 154 Å². The normalized spacial score (nSPS) is 18.0. The first-order chi connectivity index (χ1) is 12.2. The Bertz CT molecular complexity index is 724. The van der Waals surface area contributed by atoms with Crippen molar-refractivity contribution in [3.8, 4) is 0 Å². The van der Waals surface area contributed by atoms with Crippen LogP contribution in [-0.4, -0.2) is 46.8 Å². The molecule has 1 aliphatic rings. The summed E-state index contributed by atoms with van der Waals surface area (Å²) in [6.45, 7) is 5.78. The van der Waals surface area contributed by atoms with Crippen molar-refractivity contribution in [2.75, 3.05) is 26.2 Å². The minimum atomic E-state index is 0.533. The van der Waals surface area contributed by atoms with Crippen LogP contribution in [-0.2, 0) is 13.5 Å². The number of aryl methyl sites for hydroxylation is 1. The molecule has 5 nitrogen and oxygen atoms in total. The van der Waals surface area contributed by atoms with Crippen LogP contribution < -0.4 is 5.32 Å². The summed E-state index contributed by atoms with van der Waals surface area (Å²) < 4.78 is 1.88. The summed E-state index contributed by atoms with van der Waals surface area (Å²) in [5.41, 5.74) is 2.54. The Kier molecular flexibility index (Phi) is 5.97. The number of hydrogen-bond donors (Lipinski definition) is 1. The molecule has 1 aromatic carbocycles. The highest BCUT2D eigenvalue weighted by Crippen LogP contribution is 2.26. The van der Waals surface area contributed by atoms with E-state index in [1.54, 1.807) is 0 Å². The molecule has 0 radical (unpaired) electrons. The Morgan fingerprint density at radius 3 is 3.04 bits per heavy atom. The molecular formula is C19H26ClN5. The van der Waals surface area contributed by atoms with Gasteiger partial charge in [0, 0.05) is 50.4 Å². The monoisotopic (exact) mass is 359 g/mol. The molecule has 25 heavy (non-hydrogen) atoms. The number of aromatic nitrogens is 2. The molecule has 1 atom stereocenters. The minimum Gasteiger partial charge on any atom is -0.357 e. The van der Waals surface area contributed by atoms with E-state index in [2.05, 4.69) is 34.5 Å². The first-order valence-electron chi connectivity index (χ1n) is 8.92. The zero-order valence-corrected chi connectivity index (χ0v) is 15.7. The first-order valence-corrected chi connectivity index (χ1v) is 9.29. The van der Waals surface area contributed by atoms with Crippen LogP contribution in [0.1, 0.15) is 30.4 Å². The van der Waals surface area contributed by atoms with Gasteiger partial charge in [-0.3, -0.25) is 9.67 Å². The van der Waals surface area contributed by atoms with E-state index >= 15 is 0 Å². The van der Waals surface area contributed by atoms with Crippen LogP contribution in [0.3, 0.4) is 0 Å². The largest absolute Gasteiger partial charge is 0.357 e. The third-order valence-corrected chi connectivity index (χ3v) is 4.81. The van der Waals surface area contributed by atoms with E-state index in [9.17, 15) is 0 Å². The highest BCUT2D eigenvalue weighted by Gasteiger charge is 2.26. The smallest absolute Gasteiger partial charge is 0.193 e. The lowest BCUT2D eigenvalue weighted by molar-refractivity contribution is 0.486. The fraction of sp³-hybridized carbons (Fsp3) is 0.474. The molecule has 0 saturated carbocycles. The molecule has 3 rings (SSSR count). The molecule has 0 spiro atoms. The van der Waals surface area contributed by atoms with Gasteiger partial charge in [-0.1, -0.05) is 23.7 Å². The van der Waals surface area contributed by atoms with E-state index in [4.69, 9.17) is 16.6 Å². The van der Waals surface area contributed by atoms with Gasteiger partial charge in [-0.2, -0.15) is 5.10 Å². The maximum atomic E-state index is 6.05. The van der Waals surface area contributed by atoms with Crippen LogP contribution in [0.25, 0.3) is 0 Å². The summed E-state index contributed by atoms with van der Waals surface area (Å²) in [4.78, 5) is 7.18. The van der Waals surface area contributed by atoms with Gasteiger partial charge in [-0.15, -0.1) is 0 Å². The second-order valence-electron chi connectivity index (χ2n) is 6.49. The van der Waals surface area contributed by atoms with E-state index in [0.29, 0.717) is 5.92 Å². The topological polar surface area (TPSA) is 45.5 Å². The number of guanidine groups is 1. The average molecular weight is 360 g/mol. The molecule has 2 aromatic rings. The number of hydrogen-bond acceptors (Lipinski definition) is 2. The highest BCUT2D eigenvalue weighted by molar-refractivity contribution is 6.30. The molecule has 0 aliphatic carbocycles. The predicted molar refractivity (Wildman–Crippen MR) is 103 cm³/mol. The van der Waals surface area contributed by atoms with Crippen molar-refractivity contribution in [2.45, 2.75) is 25.7 Å². The van der Waals surface area contributed by atoms with Crippen molar-refractivity contribution in [1.82, 2.24) is 20.0 Å². The number of nitrogens with one attached hydrogen (secondary N) is 1. The Morgan fingerprint density at radius 2 is 2.32 bits per heavy atom. The molecule has 1 aromatic heterocycles. The summed E-state index contributed by atoms with van der Waals surface area (Å²) in [5.74, 6) is 1.54. The minimum absolute atomic E-state index is 0.533. The van der Waals surface area contributed by atoms with Crippen LogP contribution in [0.2, 0.25) is 5.02 Å². The fourth-order valence-corrected chi connectivity index (χ4v) is 3.50. The van der Waals surface area contributed by atoms with Crippen molar-refractivity contribution in [2.24, 2.45) is 12.0 Å². The highest BCUT2D eigenvalue weighted by atomic mass is 35.5. The molecule has 1 fully saturated rings. The van der Waals surface area contributed by atoms with E-state index in [0.717, 1.165) is 50.0 Å². The van der Waals surface area contributed by atoms with E-state index in [-0.39, 0.29) is 0 Å². The van der Waals surface area contributed by atoms with E-state index in [1.165, 1.54) is 11.1 Å². The van der Waals surface area contributed by atoms with Gasteiger partial charge in [0.25, 0.3) is 0 Å². The van der Waals surface area contributed by atoms with Gasteiger partial charge < -0.3 is 10.2 Å². The van der Waals surface area contributed by atoms with Gasteiger partial charge in [-0.05, 0) is 43.0 Å². The van der Waals surface area contributed by atoms with Gasteiger partial charge in [0.05, 0.1) is 6.20 Å². The number of benzene rings is 1. The number of rotatable bonds is 5. The van der Waals surface area contributed by atoms with Crippen LogP contribution in [0.5, 0.6) is 0 Å². The molecule has 1 aliphatic heterocycles. The molecule has 0 amide bonds. The summed E-state index contributed by atoms with van der Waals surface area (Å²) >= 11 is 6.05. The maximum absolute atomic E-state index is 6.05. The first kappa shape index (κ1) is 17.8. The van der Waals surface area contributed by atoms with E-state index in [1.807, 2.05) is 36.1 Å². The molecular weight excluding hydrogens is 334 g/mol. The van der Waals surface area contributed by atoms with Crippen molar-refractivity contribution >= 4 is 17.6 Å². The van der Waals surface area contributed by atoms with Gasteiger partial charge in [-0.25, -0.2) is 0 Å².